The molecule has 29 heavy (non-hydrogen) atoms. The number of imidazole rings is 1. The van der Waals surface area contributed by atoms with Crippen molar-refractivity contribution in [2.24, 2.45) is 0 Å². The molecule has 4 rings (SSSR count). The number of fused-ring (bicyclic) bond motifs is 1. The number of halogens is 1. The van der Waals surface area contributed by atoms with Gasteiger partial charge in [0.2, 0.25) is 0 Å². The molecule has 0 fully saturated rings. The van der Waals surface area contributed by atoms with Crippen molar-refractivity contribution in [3.05, 3.63) is 70.4 Å². The molecule has 0 spiro atoms. The molecule has 0 aliphatic heterocycles. The molecule has 0 saturated carbocycles. The highest BCUT2D eigenvalue weighted by atomic mass is 32.2. The van der Waals surface area contributed by atoms with Gasteiger partial charge in [-0.3, -0.25) is 0 Å². The number of hydrogen-bond acceptors (Lipinski definition) is 6. The second kappa shape index (κ2) is 9.39. The number of ether oxygens (including phenoxy) is 2. The highest BCUT2D eigenvalue weighted by Gasteiger charge is 2.12. The van der Waals surface area contributed by atoms with E-state index in [0.29, 0.717) is 19.0 Å². The predicted octanol–water partition coefficient (Wildman–Crippen LogP) is 5.15. The largest absolute Gasteiger partial charge is 0.486 e. The van der Waals surface area contributed by atoms with E-state index in [1.165, 1.54) is 12.1 Å². The summed E-state index contributed by atoms with van der Waals surface area (Å²) in [7, 11) is 1.71. The van der Waals surface area contributed by atoms with Crippen LogP contribution in [0.15, 0.2) is 59.1 Å². The van der Waals surface area contributed by atoms with Crippen molar-refractivity contribution in [1.82, 2.24) is 14.5 Å². The molecule has 2 aromatic heterocycles. The maximum atomic E-state index is 13.0. The highest BCUT2D eigenvalue weighted by molar-refractivity contribution is 7.98. The normalized spacial score (nSPS) is 11.2. The number of methoxy groups -OCH3 is 1. The van der Waals surface area contributed by atoms with Gasteiger partial charge in [-0.2, -0.15) is 0 Å². The summed E-state index contributed by atoms with van der Waals surface area (Å²) in [5.41, 5.74) is 3.08. The third-order valence-corrected chi connectivity index (χ3v) is 6.14. The molecule has 0 atom stereocenters. The SMILES string of the molecule is COCCn1c(SCc2csc(COc3ccc(F)cc3)n2)nc2ccccc21. The summed E-state index contributed by atoms with van der Waals surface area (Å²) >= 11 is 3.22. The Balaban J connectivity index is 1.40. The fourth-order valence-electron chi connectivity index (χ4n) is 2.86. The van der Waals surface area contributed by atoms with E-state index in [0.717, 1.165) is 39.2 Å². The van der Waals surface area contributed by atoms with Gasteiger partial charge in [-0.15, -0.1) is 11.3 Å². The lowest BCUT2D eigenvalue weighted by molar-refractivity contribution is 0.186. The Morgan fingerprint density at radius 2 is 1.93 bits per heavy atom. The quantitative estimate of drug-likeness (QED) is 0.345. The van der Waals surface area contributed by atoms with Crippen LogP contribution in [0, 0.1) is 5.82 Å². The number of thiazole rings is 1. The van der Waals surface area contributed by atoms with Crippen molar-refractivity contribution in [3.63, 3.8) is 0 Å². The van der Waals surface area contributed by atoms with Crippen molar-refractivity contribution in [2.45, 2.75) is 24.1 Å². The van der Waals surface area contributed by atoms with Gasteiger partial charge in [0.1, 0.15) is 23.2 Å². The molecule has 0 saturated heterocycles. The van der Waals surface area contributed by atoms with Crippen molar-refractivity contribution >= 4 is 34.1 Å². The smallest absolute Gasteiger partial charge is 0.169 e. The second-order valence-corrected chi connectivity index (χ2v) is 8.18. The van der Waals surface area contributed by atoms with Crippen LogP contribution in [0.1, 0.15) is 10.7 Å². The number of thioether (sulfide) groups is 1. The summed E-state index contributed by atoms with van der Waals surface area (Å²) in [4.78, 5) is 9.40. The molecule has 5 nitrogen and oxygen atoms in total. The monoisotopic (exact) mass is 429 g/mol. The minimum absolute atomic E-state index is 0.276. The lowest BCUT2D eigenvalue weighted by Gasteiger charge is -2.07. The van der Waals surface area contributed by atoms with Gasteiger partial charge in [-0.1, -0.05) is 23.9 Å². The van der Waals surface area contributed by atoms with Crippen LogP contribution < -0.4 is 4.74 Å². The Hall–Kier alpha value is -2.42. The van der Waals surface area contributed by atoms with Crippen LogP contribution in [0.4, 0.5) is 4.39 Å². The van der Waals surface area contributed by atoms with Crippen molar-refractivity contribution in [3.8, 4) is 5.75 Å². The Morgan fingerprint density at radius 1 is 1.10 bits per heavy atom. The third-order valence-electron chi connectivity index (χ3n) is 4.26. The Kier molecular flexibility index (Phi) is 6.43. The van der Waals surface area contributed by atoms with Gasteiger partial charge in [-0.25, -0.2) is 14.4 Å². The first kappa shape index (κ1) is 19.9. The van der Waals surface area contributed by atoms with Crippen molar-refractivity contribution in [1.29, 1.82) is 0 Å². The molecule has 0 amide bonds. The van der Waals surface area contributed by atoms with Gasteiger partial charge in [0.15, 0.2) is 5.16 Å². The lowest BCUT2D eigenvalue weighted by atomic mass is 10.3. The third kappa shape index (κ3) is 4.95. The zero-order valence-corrected chi connectivity index (χ0v) is 17.5. The molecule has 0 aliphatic rings. The molecule has 150 valence electrons. The van der Waals surface area contributed by atoms with Gasteiger partial charge >= 0.3 is 0 Å². The van der Waals surface area contributed by atoms with Crippen LogP contribution in [0.2, 0.25) is 0 Å². The second-order valence-electron chi connectivity index (χ2n) is 6.29. The summed E-state index contributed by atoms with van der Waals surface area (Å²) in [6, 6.07) is 14.1. The summed E-state index contributed by atoms with van der Waals surface area (Å²) in [6.07, 6.45) is 0. The van der Waals surface area contributed by atoms with Gasteiger partial charge in [-0.05, 0) is 36.4 Å². The first-order chi connectivity index (χ1) is 14.2. The summed E-state index contributed by atoms with van der Waals surface area (Å²) in [6.45, 7) is 1.76. The first-order valence-corrected chi connectivity index (χ1v) is 11.0. The van der Waals surface area contributed by atoms with E-state index >= 15 is 0 Å². The van der Waals surface area contributed by atoms with E-state index < -0.39 is 0 Å². The average molecular weight is 430 g/mol. The van der Waals surface area contributed by atoms with E-state index in [-0.39, 0.29) is 5.82 Å². The minimum atomic E-state index is -0.276. The van der Waals surface area contributed by atoms with Crippen LogP contribution in [-0.4, -0.2) is 28.3 Å². The van der Waals surface area contributed by atoms with E-state index in [9.17, 15) is 4.39 Å². The highest BCUT2D eigenvalue weighted by Crippen LogP contribution is 2.27. The molecule has 0 aliphatic carbocycles. The first-order valence-electron chi connectivity index (χ1n) is 9.11. The maximum absolute atomic E-state index is 13.0. The van der Waals surface area contributed by atoms with Crippen molar-refractivity contribution < 1.29 is 13.9 Å². The number of aromatic nitrogens is 3. The Morgan fingerprint density at radius 3 is 2.76 bits per heavy atom. The molecule has 0 radical (unpaired) electrons. The fraction of sp³-hybridized carbons (Fsp3) is 0.238. The van der Waals surface area contributed by atoms with Crippen LogP contribution >= 0.6 is 23.1 Å². The predicted molar refractivity (Wildman–Crippen MR) is 114 cm³/mol. The van der Waals surface area contributed by atoms with Gasteiger partial charge in [0.25, 0.3) is 0 Å². The van der Waals surface area contributed by atoms with Crippen LogP contribution in [-0.2, 0) is 23.6 Å². The molecular formula is C21H20FN3O2S2. The fourth-order valence-corrected chi connectivity index (χ4v) is 4.60. The van der Waals surface area contributed by atoms with E-state index in [4.69, 9.17) is 14.5 Å². The minimum Gasteiger partial charge on any atom is -0.486 e. The summed E-state index contributed by atoms with van der Waals surface area (Å²) in [5.74, 6) is 1.08. The number of rotatable bonds is 9. The van der Waals surface area contributed by atoms with Crippen LogP contribution in [0.3, 0.4) is 0 Å². The molecule has 0 unspecified atom stereocenters. The van der Waals surface area contributed by atoms with E-state index in [1.807, 2.05) is 23.6 Å². The maximum Gasteiger partial charge on any atom is 0.169 e. The Bertz CT molecular complexity index is 1080. The van der Waals surface area contributed by atoms with Crippen molar-refractivity contribution in [2.75, 3.05) is 13.7 Å². The lowest BCUT2D eigenvalue weighted by Crippen LogP contribution is -2.05. The molecule has 2 aromatic carbocycles. The van der Waals surface area contributed by atoms with E-state index in [2.05, 4.69) is 15.6 Å². The number of nitrogens with zero attached hydrogens (tertiary/aromatic N) is 3. The average Bonchev–Trinajstić information content (AvgIpc) is 3.34. The Labute approximate surface area is 176 Å². The number of para-hydroxylation sites is 2. The zero-order valence-electron chi connectivity index (χ0n) is 15.9. The van der Waals surface area contributed by atoms with Crippen LogP contribution in [0.5, 0.6) is 5.75 Å². The van der Waals surface area contributed by atoms with Crippen LogP contribution in [0.25, 0.3) is 11.0 Å². The number of hydrogen-bond donors (Lipinski definition) is 0. The van der Waals surface area contributed by atoms with Gasteiger partial charge in [0.05, 0.1) is 23.3 Å². The molecular weight excluding hydrogens is 409 g/mol. The van der Waals surface area contributed by atoms with E-state index in [1.54, 1.807) is 42.3 Å². The molecule has 4 aromatic rings. The summed E-state index contributed by atoms with van der Waals surface area (Å²) in [5, 5.41) is 3.89. The topological polar surface area (TPSA) is 49.2 Å². The van der Waals surface area contributed by atoms with Gasteiger partial charge in [0, 0.05) is 24.8 Å². The zero-order chi connectivity index (χ0) is 20.1. The molecule has 0 bridgehead atoms. The molecule has 2 heterocycles. The van der Waals surface area contributed by atoms with Gasteiger partial charge < -0.3 is 14.0 Å². The summed E-state index contributed by atoms with van der Waals surface area (Å²) < 4.78 is 26.1. The molecule has 8 heteroatoms. The number of benzene rings is 2. The molecule has 0 N–H and O–H groups in total. The standard InChI is InChI=1S/C21H20FN3O2S2/c1-26-11-10-25-19-5-3-2-4-18(19)24-21(25)29-14-16-13-28-20(23-16)12-27-17-8-6-15(22)7-9-17/h2-9,13H,10-12,14H2,1H3.